The molecule has 2 fully saturated rings. The highest BCUT2D eigenvalue weighted by Gasteiger charge is 2.61. The zero-order valence-corrected chi connectivity index (χ0v) is 8.56. The van der Waals surface area contributed by atoms with Gasteiger partial charge in [-0.25, -0.2) is 0 Å². The Labute approximate surface area is 82.6 Å². The van der Waals surface area contributed by atoms with Crippen LogP contribution in [0.25, 0.3) is 0 Å². The van der Waals surface area contributed by atoms with Crippen LogP contribution in [0.15, 0.2) is 0 Å². The lowest BCUT2D eigenvalue weighted by Gasteiger charge is -2.29. The summed E-state index contributed by atoms with van der Waals surface area (Å²) < 4.78 is 16.3. The Kier molecular flexibility index (Phi) is 2.14. The van der Waals surface area contributed by atoms with Crippen LogP contribution in [0.5, 0.6) is 0 Å². The smallest absolute Gasteiger partial charge is 0.190 e. The molecular weight excluding hydrogens is 188 g/mol. The third-order valence-electron chi connectivity index (χ3n) is 2.85. The van der Waals surface area contributed by atoms with Crippen LogP contribution in [0.3, 0.4) is 0 Å². The van der Waals surface area contributed by atoms with Gasteiger partial charge in [-0.15, -0.1) is 0 Å². The van der Waals surface area contributed by atoms with E-state index < -0.39 is 36.5 Å². The van der Waals surface area contributed by atoms with Gasteiger partial charge in [-0.1, -0.05) is 0 Å². The van der Waals surface area contributed by atoms with Gasteiger partial charge in [-0.2, -0.15) is 0 Å². The maximum Gasteiger partial charge on any atom is 0.190 e. The quantitative estimate of drug-likeness (QED) is 0.608. The molecular formula is C9H16O5. The Hall–Kier alpha value is -0.200. The highest BCUT2D eigenvalue weighted by atomic mass is 16.8. The van der Waals surface area contributed by atoms with E-state index in [1.165, 1.54) is 0 Å². The first kappa shape index (κ1) is 10.3. The second-order valence-corrected chi connectivity index (χ2v) is 4.35. The van der Waals surface area contributed by atoms with Crippen molar-refractivity contribution in [2.24, 2.45) is 0 Å². The van der Waals surface area contributed by atoms with Crippen LogP contribution < -0.4 is 0 Å². The minimum Gasteiger partial charge on any atom is -0.393 e. The molecule has 0 aromatic rings. The van der Waals surface area contributed by atoms with Gasteiger partial charge in [-0.05, 0) is 20.8 Å². The number of hydrogen-bond acceptors (Lipinski definition) is 5. The van der Waals surface area contributed by atoms with Gasteiger partial charge in [0.05, 0.1) is 12.7 Å². The molecule has 0 radical (unpaired) electrons. The molecule has 14 heavy (non-hydrogen) atoms. The topological polar surface area (TPSA) is 68.2 Å². The zero-order chi connectivity index (χ0) is 10.6. The molecule has 2 N–H and O–H groups in total. The van der Waals surface area contributed by atoms with Gasteiger partial charge in [0.2, 0.25) is 0 Å². The molecule has 0 saturated carbocycles. The van der Waals surface area contributed by atoms with Crippen molar-refractivity contribution in [3.8, 4) is 0 Å². The van der Waals surface area contributed by atoms with Crippen LogP contribution in [0.1, 0.15) is 20.8 Å². The van der Waals surface area contributed by atoms with Crippen molar-refractivity contribution in [3.05, 3.63) is 0 Å². The van der Waals surface area contributed by atoms with Crippen molar-refractivity contribution < 1.29 is 24.4 Å². The summed E-state index contributed by atoms with van der Waals surface area (Å²) >= 11 is 0. The first-order valence-corrected chi connectivity index (χ1v) is 4.73. The fourth-order valence-corrected chi connectivity index (χ4v) is 1.94. The normalized spacial score (nSPS) is 50.8. The van der Waals surface area contributed by atoms with Crippen molar-refractivity contribution in [1.82, 2.24) is 0 Å². The molecule has 4 atom stereocenters. The van der Waals surface area contributed by atoms with Gasteiger partial charge < -0.3 is 24.4 Å². The number of aliphatic hydroxyl groups is 2. The molecule has 0 bridgehead atoms. The second kappa shape index (κ2) is 2.90. The van der Waals surface area contributed by atoms with Crippen molar-refractivity contribution in [3.63, 3.8) is 0 Å². The number of hydrogen-bond donors (Lipinski definition) is 2. The van der Waals surface area contributed by atoms with Crippen LogP contribution in [0.2, 0.25) is 0 Å². The molecule has 0 aliphatic carbocycles. The summed E-state index contributed by atoms with van der Waals surface area (Å²) in [7, 11) is 0. The lowest BCUT2D eigenvalue weighted by Crippen LogP contribution is -2.51. The van der Waals surface area contributed by atoms with Crippen molar-refractivity contribution in [2.45, 2.75) is 50.7 Å². The number of rotatable bonds is 1. The lowest BCUT2D eigenvalue weighted by atomic mass is 9.95. The van der Waals surface area contributed by atoms with E-state index >= 15 is 0 Å². The molecule has 2 aliphatic rings. The largest absolute Gasteiger partial charge is 0.393 e. The van der Waals surface area contributed by atoms with Crippen molar-refractivity contribution >= 4 is 0 Å². The predicted octanol–water partition coefficient (Wildman–Crippen LogP) is -0.394. The number of ether oxygens (including phenoxy) is 3. The second-order valence-electron chi connectivity index (χ2n) is 4.35. The Morgan fingerprint density at radius 3 is 2.50 bits per heavy atom. The van der Waals surface area contributed by atoms with Gasteiger partial charge in [0.15, 0.2) is 12.1 Å². The van der Waals surface area contributed by atoms with Crippen molar-refractivity contribution in [1.29, 1.82) is 0 Å². The maximum atomic E-state index is 10.1. The molecule has 2 aliphatic heterocycles. The van der Waals surface area contributed by atoms with Gasteiger partial charge in [0.1, 0.15) is 11.7 Å². The van der Waals surface area contributed by atoms with Gasteiger partial charge in [0, 0.05) is 0 Å². The van der Waals surface area contributed by atoms with Crippen LogP contribution in [-0.2, 0) is 14.2 Å². The number of fused-ring (bicyclic) bond motifs is 1. The van der Waals surface area contributed by atoms with E-state index in [1.54, 1.807) is 20.8 Å². The Morgan fingerprint density at radius 2 is 1.93 bits per heavy atom. The van der Waals surface area contributed by atoms with Crippen molar-refractivity contribution in [2.75, 3.05) is 6.61 Å². The summed E-state index contributed by atoms with van der Waals surface area (Å²) in [5, 5.41) is 19.2. The molecule has 0 aromatic heterocycles. The molecule has 5 nitrogen and oxygen atoms in total. The molecule has 0 amide bonds. The van der Waals surface area contributed by atoms with Crippen LogP contribution in [0.4, 0.5) is 0 Å². The third kappa shape index (κ3) is 1.28. The zero-order valence-electron chi connectivity index (χ0n) is 8.56. The SMILES string of the molecule is C[C@@H]1O[C@@H]2OC(C)(C)O[C@@H]2[C@]1(O)CO. The summed E-state index contributed by atoms with van der Waals surface area (Å²) in [6.07, 6.45) is -1.69. The Bertz CT molecular complexity index is 241. The summed E-state index contributed by atoms with van der Waals surface area (Å²) in [5.41, 5.74) is -1.36. The third-order valence-corrected chi connectivity index (χ3v) is 2.85. The van der Waals surface area contributed by atoms with E-state index in [4.69, 9.17) is 19.3 Å². The molecule has 0 unspecified atom stereocenters. The predicted molar refractivity (Wildman–Crippen MR) is 46.4 cm³/mol. The van der Waals surface area contributed by atoms with E-state index in [9.17, 15) is 5.11 Å². The first-order valence-electron chi connectivity index (χ1n) is 4.73. The lowest BCUT2D eigenvalue weighted by molar-refractivity contribution is -0.230. The fourth-order valence-electron chi connectivity index (χ4n) is 1.94. The standard InChI is InChI=1S/C9H16O5/c1-5-9(11,4-10)6-7(12-5)14-8(2,3)13-6/h5-7,10-11H,4H2,1-3H3/t5-,6-,7+,9-/m0/s1. The summed E-state index contributed by atoms with van der Waals surface area (Å²) in [5.74, 6) is -0.765. The number of aliphatic hydroxyl groups excluding tert-OH is 1. The first-order chi connectivity index (χ1) is 6.39. The highest BCUT2D eigenvalue weighted by Crippen LogP contribution is 2.42. The van der Waals surface area contributed by atoms with E-state index in [1.807, 2.05) is 0 Å². The summed E-state index contributed by atoms with van der Waals surface area (Å²) in [6.45, 7) is 4.79. The monoisotopic (exact) mass is 204 g/mol. The fraction of sp³-hybridized carbons (Fsp3) is 1.00. The van der Waals surface area contributed by atoms with Crippen LogP contribution in [-0.4, -0.2) is 46.7 Å². The minimum atomic E-state index is -1.36. The molecule has 2 saturated heterocycles. The Balaban J connectivity index is 2.22. The molecule has 82 valence electrons. The highest BCUT2D eigenvalue weighted by molar-refractivity contribution is 5.03. The van der Waals surface area contributed by atoms with Crippen LogP contribution in [0, 0.1) is 0 Å². The molecule has 0 aromatic carbocycles. The van der Waals surface area contributed by atoms with Gasteiger partial charge in [0.25, 0.3) is 0 Å². The minimum absolute atomic E-state index is 0.394. The molecule has 5 heteroatoms. The van der Waals surface area contributed by atoms with Gasteiger partial charge in [-0.3, -0.25) is 0 Å². The van der Waals surface area contributed by atoms with E-state index in [0.717, 1.165) is 0 Å². The van der Waals surface area contributed by atoms with Crippen LogP contribution >= 0.6 is 0 Å². The van der Waals surface area contributed by atoms with E-state index in [-0.39, 0.29) is 0 Å². The van der Waals surface area contributed by atoms with E-state index in [2.05, 4.69) is 0 Å². The molecule has 0 spiro atoms. The van der Waals surface area contributed by atoms with Gasteiger partial charge >= 0.3 is 0 Å². The molecule has 2 rings (SSSR count). The summed E-state index contributed by atoms with van der Waals surface area (Å²) in [4.78, 5) is 0. The average Bonchev–Trinajstić information content (AvgIpc) is 2.48. The average molecular weight is 204 g/mol. The summed E-state index contributed by atoms with van der Waals surface area (Å²) in [6, 6.07) is 0. The molecule has 2 heterocycles. The Morgan fingerprint density at radius 1 is 1.29 bits per heavy atom. The van der Waals surface area contributed by atoms with E-state index in [0.29, 0.717) is 0 Å². The maximum absolute atomic E-state index is 10.1.